The van der Waals surface area contributed by atoms with Gasteiger partial charge in [-0.2, -0.15) is 0 Å². The Morgan fingerprint density at radius 3 is 2.79 bits per heavy atom. The number of rotatable bonds is 3. The SMILES string of the molecule is CCSC(=O)n1cnc2ncnc(NC(=O)CC)c21. The summed E-state index contributed by atoms with van der Waals surface area (Å²) in [7, 11) is 0. The van der Waals surface area contributed by atoms with E-state index in [1.54, 1.807) is 6.92 Å². The van der Waals surface area contributed by atoms with Crippen LogP contribution < -0.4 is 5.32 Å². The minimum atomic E-state index is -0.177. The van der Waals surface area contributed by atoms with Gasteiger partial charge in [-0.05, 0) is 5.75 Å². The minimum absolute atomic E-state index is 0.174. The molecule has 1 N–H and O–H groups in total. The fourth-order valence-corrected chi connectivity index (χ4v) is 2.02. The Hall–Kier alpha value is -1.96. The van der Waals surface area contributed by atoms with Crippen LogP contribution in [-0.4, -0.2) is 36.4 Å². The van der Waals surface area contributed by atoms with Gasteiger partial charge in [-0.25, -0.2) is 15.0 Å². The van der Waals surface area contributed by atoms with E-state index in [1.165, 1.54) is 17.2 Å². The molecule has 0 aliphatic heterocycles. The lowest BCUT2D eigenvalue weighted by atomic mass is 10.4. The fourth-order valence-electron chi connectivity index (χ4n) is 1.50. The standard InChI is InChI=1S/C11H13N5O2S/c1-3-7(17)15-10-8-9(12-5-13-10)14-6-16(8)11(18)19-4-2/h5-6H,3-4H2,1-2H3,(H,12,13,15,17). The molecule has 7 nitrogen and oxygen atoms in total. The molecule has 100 valence electrons. The summed E-state index contributed by atoms with van der Waals surface area (Å²) in [5, 5.41) is 2.47. The topological polar surface area (TPSA) is 89.8 Å². The van der Waals surface area contributed by atoms with Crippen LogP contribution in [0.15, 0.2) is 12.7 Å². The number of anilines is 1. The average molecular weight is 279 g/mol. The number of aromatic nitrogens is 4. The van der Waals surface area contributed by atoms with E-state index in [1.807, 2.05) is 6.92 Å². The number of carbonyl (C=O) groups is 2. The molecule has 0 unspecified atom stereocenters. The summed E-state index contributed by atoms with van der Waals surface area (Å²) in [5.74, 6) is 0.783. The molecule has 0 fully saturated rings. The Morgan fingerprint density at radius 1 is 1.32 bits per heavy atom. The van der Waals surface area contributed by atoms with E-state index in [2.05, 4.69) is 20.3 Å². The van der Waals surface area contributed by atoms with E-state index in [9.17, 15) is 9.59 Å². The molecule has 0 radical (unpaired) electrons. The molecule has 2 aromatic heterocycles. The van der Waals surface area contributed by atoms with Crippen LogP contribution in [0, 0.1) is 0 Å². The number of thioether (sulfide) groups is 1. The van der Waals surface area contributed by atoms with Crippen molar-refractivity contribution in [3.8, 4) is 0 Å². The Labute approximate surface area is 113 Å². The van der Waals surface area contributed by atoms with Gasteiger partial charge in [-0.1, -0.05) is 25.6 Å². The van der Waals surface area contributed by atoms with Crippen molar-refractivity contribution < 1.29 is 9.59 Å². The molecule has 19 heavy (non-hydrogen) atoms. The van der Waals surface area contributed by atoms with E-state index in [4.69, 9.17) is 0 Å². The van der Waals surface area contributed by atoms with Crippen LogP contribution >= 0.6 is 11.8 Å². The van der Waals surface area contributed by atoms with Crippen molar-refractivity contribution in [2.75, 3.05) is 11.1 Å². The van der Waals surface area contributed by atoms with E-state index in [-0.39, 0.29) is 11.1 Å². The normalized spacial score (nSPS) is 10.6. The Morgan fingerprint density at radius 2 is 2.11 bits per heavy atom. The first-order valence-electron chi connectivity index (χ1n) is 5.82. The lowest BCUT2D eigenvalue weighted by molar-refractivity contribution is -0.115. The number of fused-ring (bicyclic) bond motifs is 1. The van der Waals surface area contributed by atoms with E-state index in [0.717, 1.165) is 11.8 Å². The second-order valence-corrected chi connectivity index (χ2v) is 4.82. The van der Waals surface area contributed by atoms with E-state index >= 15 is 0 Å². The molecule has 0 saturated heterocycles. The maximum atomic E-state index is 11.9. The summed E-state index contributed by atoms with van der Waals surface area (Å²) in [5.41, 5.74) is 0.807. The van der Waals surface area contributed by atoms with Gasteiger partial charge in [0.1, 0.15) is 18.2 Å². The zero-order valence-corrected chi connectivity index (χ0v) is 11.4. The number of carbonyl (C=O) groups excluding carboxylic acids is 2. The zero-order chi connectivity index (χ0) is 13.8. The Kier molecular flexibility index (Phi) is 4.10. The van der Waals surface area contributed by atoms with Crippen molar-refractivity contribution in [1.29, 1.82) is 0 Å². The molecule has 0 bridgehead atoms. The number of nitrogens with one attached hydrogen (secondary N) is 1. The van der Waals surface area contributed by atoms with E-state index in [0.29, 0.717) is 29.2 Å². The van der Waals surface area contributed by atoms with Gasteiger partial charge in [0.15, 0.2) is 11.5 Å². The van der Waals surface area contributed by atoms with Crippen molar-refractivity contribution in [2.45, 2.75) is 20.3 Å². The van der Waals surface area contributed by atoms with Crippen LogP contribution in [0.1, 0.15) is 20.3 Å². The first kappa shape index (κ1) is 13.5. The van der Waals surface area contributed by atoms with Crippen molar-refractivity contribution >= 4 is 39.9 Å². The van der Waals surface area contributed by atoms with Crippen molar-refractivity contribution in [3.05, 3.63) is 12.7 Å². The smallest absolute Gasteiger partial charge is 0.291 e. The molecule has 1 amide bonds. The van der Waals surface area contributed by atoms with Crippen LogP contribution in [-0.2, 0) is 4.79 Å². The zero-order valence-electron chi connectivity index (χ0n) is 10.6. The predicted octanol–water partition coefficient (Wildman–Crippen LogP) is 1.90. The highest BCUT2D eigenvalue weighted by atomic mass is 32.2. The maximum Gasteiger partial charge on any atom is 0.291 e. The van der Waals surface area contributed by atoms with Gasteiger partial charge in [0.05, 0.1) is 0 Å². The van der Waals surface area contributed by atoms with Crippen molar-refractivity contribution in [2.24, 2.45) is 0 Å². The molecule has 0 aromatic carbocycles. The molecule has 2 rings (SSSR count). The number of hydrogen-bond donors (Lipinski definition) is 1. The number of imidazole rings is 1. The largest absolute Gasteiger partial charge is 0.309 e. The van der Waals surface area contributed by atoms with Gasteiger partial charge >= 0.3 is 0 Å². The molecule has 0 saturated carbocycles. The summed E-state index contributed by atoms with van der Waals surface area (Å²) in [6, 6.07) is 0. The summed E-state index contributed by atoms with van der Waals surface area (Å²) >= 11 is 1.15. The molecule has 8 heteroatoms. The quantitative estimate of drug-likeness (QED) is 0.922. The molecular weight excluding hydrogens is 266 g/mol. The van der Waals surface area contributed by atoms with E-state index < -0.39 is 0 Å². The third kappa shape index (κ3) is 2.73. The molecule has 0 atom stereocenters. The van der Waals surface area contributed by atoms with Gasteiger partial charge < -0.3 is 5.32 Å². The minimum Gasteiger partial charge on any atom is -0.309 e. The highest BCUT2D eigenvalue weighted by molar-refractivity contribution is 8.13. The molecule has 0 spiro atoms. The second-order valence-electron chi connectivity index (χ2n) is 3.61. The molecular formula is C11H13N5O2S. The summed E-state index contributed by atoms with van der Waals surface area (Å²) in [6.07, 6.45) is 3.03. The van der Waals surface area contributed by atoms with Crippen LogP contribution in [0.25, 0.3) is 11.2 Å². The van der Waals surface area contributed by atoms with Crippen molar-refractivity contribution in [1.82, 2.24) is 19.5 Å². The first-order valence-corrected chi connectivity index (χ1v) is 6.81. The predicted molar refractivity (Wildman–Crippen MR) is 73.2 cm³/mol. The molecule has 0 aliphatic rings. The van der Waals surface area contributed by atoms with Crippen molar-refractivity contribution in [3.63, 3.8) is 0 Å². The van der Waals surface area contributed by atoms with Crippen LogP contribution in [0.2, 0.25) is 0 Å². The first-order chi connectivity index (χ1) is 9.17. The lowest BCUT2D eigenvalue weighted by Gasteiger charge is -2.06. The van der Waals surface area contributed by atoms with Gasteiger partial charge in [0, 0.05) is 6.42 Å². The summed E-state index contributed by atoms with van der Waals surface area (Å²) in [6.45, 7) is 3.63. The lowest BCUT2D eigenvalue weighted by Crippen LogP contribution is -2.13. The van der Waals surface area contributed by atoms with Crippen LogP contribution in [0.5, 0.6) is 0 Å². The van der Waals surface area contributed by atoms with Gasteiger partial charge in [0.25, 0.3) is 5.24 Å². The fraction of sp³-hybridized carbons (Fsp3) is 0.364. The third-order valence-electron chi connectivity index (χ3n) is 2.38. The van der Waals surface area contributed by atoms with Crippen LogP contribution in [0.4, 0.5) is 10.6 Å². The van der Waals surface area contributed by atoms with Gasteiger partial charge in [-0.15, -0.1) is 0 Å². The third-order valence-corrected chi connectivity index (χ3v) is 3.12. The number of amides is 1. The molecule has 2 heterocycles. The number of nitrogens with zero attached hydrogens (tertiary/aromatic N) is 4. The van der Waals surface area contributed by atoms with Gasteiger partial charge in [-0.3, -0.25) is 14.2 Å². The molecule has 0 aliphatic carbocycles. The maximum absolute atomic E-state index is 11.9. The highest BCUT2D eigenvalue weighted by Gasteiger charge is 2.16. The monoisotopic (exact) mass is 279 g/mol. The summed E-state index contributed by atoms with van der Waals surface area (Å²) in [4.78, 5) is 35.4. The van der Waals surface area contributed by atoms with Gasteiger partial charge in [0.2, 0.25) is 5.91 Å². The highest BCUT2D eigenvalue weighted by Crippen LogP contribution is 2.21. The Balaban J connectivity index is 2.49. The Bertz CT molecular complexity index is 625. The average Bonchev–Trinajstić information content (AvgIpc) is 2.84. The second kappa shape index (κ2) is 5.79. The van der Waals surface area contributed by atoms with Crippen LogP contribution in [0.3, 0.4) is 0 Å². The summed E-state index contributed by atoms with van der Waals surface area (Å²) < 4.78 is 1.36. The molecule has 2 aromatic rings. The number of hydrogen-bond acceptors (Lipinski definition) is 6.